The Labute approximate surface area is 101 Å². The van der Waals surface area contributed by atoms with Gasteiger partial charge >= 0.3 is 0 Å². The van der Waals surface area contributed by atoms with Gasteiger partial charge in [-0.3, -0.25) is 0 Å². The van der Waals surface area contributed by atoms with E-state index < -0.39 is 0 Å². The molecule has 0 unspecified atom stereocenters. The van der Waals surface area contributed by atoms with Crippen molar-refractivity contribution in [2.24, 2.45) is 0 Å². The molecule has 2 heterocycles. The smallest absolute Gasteiger partial charge is 0.165 e. The van der Waals surface area contributed by atoms with E-state index in [-0.39, 0.29) is 5.41 Å². The lowest BCUT2D eigenvalue weighted by atomic mass is 9.92. The molecule has 1 N–H and O–H groups in total. The van der Waals surface area contributed by atoms with E-state index in [4.69, 9.17) is 4.42 Å². The van der Waals surface area contributed by atoms with Gasteiger partial charge in [0.1, 0.15) is 12.1 Å². The molecule has 0 bridgehead atoms. The Morgan fingerprint density at radius 2 is 2.00 bits per heavy atom. The van der Waals surface area contributed by atoms with E-state index in [1.165, 1.54) is 0 Å². The van der Waals surface area contributed by atoms with Gasteiger partial charge in [0.15, 0.2) is 5.82 Å². The minimum absolute atomic E-state index is 0.00692. The van der Waals surface area contributed by atoms with Crippen LogP contribution in [0.1, 0.15) is 26.5 Å². The minimum Gasteiger partial charge on any atom is -0.472 e. The van der Waals surface area contributed by atoms with Gasteiger partial charge in [-0.2, -0.15) is 0 Å². The highest BCUT2D eigenvalue weighted by molar-refractivity contribution is 5.56. The highest BCUT2D eigenvalue weighted by atomic mass is 16.3. The van der Waals surface area contributed by atoms with Gasteiger partial charge in [0.05, 0.1) is 17.5 Å². The van der Waals surface area contributed by atoms with Crippen LogP contribution in [0.25, 0.3) is 11.4 Å². The molecule has 0 aromatic carbocycles. The zero-order valence-electron chi connectivity index (χ0n) is 10.6. The second-order valence-electron chi connectivity index (χ2n) is 4.97. The second-order valence-corrected chi connectivity index (χ2v) is 4.97. The first-order chi connectivity index (χ1) is 8.00. The predicted octanol–water partition coefficient (Wildman–Crippen LogP) is 3.08. The average Bonchev–Trinajstić information content (AvgIpc) is 2.80. The highest BCUT2D eigenvalue weighted by Gasteiger charge is 2.18. The fraction of sp³-hybridized carbons (Fsp3) is 0.385. The SMILES string of the molecule is CNc1cc(C(C)(C)C)nc(-c2ccoc2)n1. The second kappa shape index (κ2) is 4.20. The third-order valence-corrected chi connectivity index (χ3v) is 2.53. The van der Waals surface area contributed by atoms with Crippen molar-refractivity contribution in [2.45, 2.75) is 26.2 Å². The van der Waals surface area contributed by atoms with E-state index in [9.17, 15) is 0 Å². The maximum Gasteiger partial charge on any atom is 0.165 e. The molecule has 0 amide bonds. The van der Waals surface area contributed by atoms with Crippen LogP contribution in [0.2, 0.25) is 0 Å². The molecule has 0 radical (unpaired) electrons. The van der Waals surface area contributed by atoms with Gasteiger partial charge < -0.3 is 9.73 Å². The van der Waals surface area contributed by atoms with Crippen molar-refractivity contribution in [1.29, 1.82) is 0 Å². The minimum atomic E-state index is -0.00692. The summed E-state index contributed by atoms with van der Waals surface area (Å²) in [6.07, 6.45) is 3.28. The fourth-order valence-corrected chi connectivity index (χ4v) is 1.48. The van der Waals surface area contributed by atoms with Gasteiger partial charge in [-0.15, -0.1) is 0 Å². The number of aromatic nitrogens is 2. The van der Waals surface area contributed by atoms with Crippen LogP contribution in [0.15, 0.2) is 29.1 Å². The van der Waals surface area contributed by atoms with Crippen LogP contribution >= 0.6 is 0 Å². The normalized spacial score (nSPS) is 11.5. The molecule has 2 rings (SSSR count). The fourth-order valence-electron chi connectivity index (χ4n) is 1.48. The van der Waals surface area contributed by atoms with E-state index in [0.29, 0.717) is 5.82 Å². The Balaban J connectivity index is 2.54. The third kappa shape index (κ3) is 2.46. The number of hydrogen-bond donors (Lipinski definition) is 1. The lowest BCUT2D eigenvalue weighted by molar-refractivity contribution is 0.564. The van der Waals surface area contributed by atoms with Crippen LogP contribution in [0, 0.1) is 0 Å². The molecule has 90 valence electrons. The summed E-state index contributed by atoms with van der Waals surface area (Å²) < 4.78 is 5.07. The molecule has 4 nitrogen and oxygen atoms in total. The van der Waals surface area contributed by atoms with E-state index in [2.05, 4.69) is 36.1 Å². The summed E-state index contributed by atoms with van der Waals surface area (Å²) in [7, 11) is 1.86. The third-order valence-electron chi connectivity index (χ3n) is 2.53. The number of anilines is 1. The van der Waals surface area contributed by atoms with Crippen molar-refractivity contribution in [3.05, 3.63) is 30.4 Å². The summed E-state index contributed by atoms with van der Waals surface area (Å²) in [5, 5.41) is 3.06. The Kier molecular flexibility index (Phi) is 2.88. The summed E-state index contributed by atoms with van der Waals surface area (Å²) in [6.45, 7) is 6.40. The molecule has 2 aromatic heterocycles. The Morgan fingerprint density at radius 1 is 1.24 bits per heavy atom. The van der Waals surface area contributed by atoms with Crippen LogP contribution < -0.4 is 5.32 Å². The molecule has 0 aliphatic rings. The largest absolute Gasteiger partial charge is 0.472 e. The summed E-state index contributed by atoms with van der Waals surface area (Å²) >= 11 is 0. The lowest BCUT2D eigenvalue weighted by Crippen LogP contribution is -2.15. The average molecular weight is 231 g/mol. The van der Waals surface area contributed by atoms with Crippen molar-refractivity contribution in [3.8, 4) is 11.4 Å². The Bertz CT molecular complexity index is 498. The predicted molar refractivity (Wildman–Crippen MR) is 68.0 cm³/mol. The molecule has 0 atom stereocenters. The van der Waals surface area contributed by atoms with E-state index >= 15 is 0 Å². The summed E-state index contributed by atoms with van der Waals surface area (Å²) in [5.74, 6) is 1.51. The Hall–Kier alpha value is -1.84. The molecular weight excluding hydrogens is 214 g/mol. The molecule has 0 saturated carbocycles. The molecular formula is C13H17N3O. The monoisotopic (exact) mass is 231 g/mol. The molecule has 0 saturated heterocycles. The Morgan fingerprint density at radius 3 is 2.53 bits per heavy atom. The number of furan rings is 1. The highest BCUT2D eigenvalue weighted by Crippen LogP contribution is 2.25. The molecule has 2 aromatic rings. The van der Waals surface area contributed by atoms with Gasteiger partial charge in [0.25, 0.3) is 0 Å². The van der Waals surface area contributed by atoms with Crippen LogP contribution in [0.4, 0.5) is 5.82 Å². The number of nitrogens with zero attached hydrogens (tertiary/aromatic N) is 2. The van der Waals surface area contributed by atoms with E-state index in [1.807, 2.05) is 19.2 Å². The van der Waals surface area contributed by atoms with Crippen molar-refractivity contribution in [3.63, 3.8) is 0 Å². The molecule has 0 fully saturated rings. The van der Waals surface area contributed by atoms with Crippen molar-refractivity contribution >= 4 is 5.82 Å². The summed E-state index contributed by atoms with van der Waals surface area (Å²) in [4.78, 5) is 9.01. The van der Waals surface area contributed by atoms with Crippen molar-refractivity contribution < 1.29 is 4.42 Å². The topological polar surface area (TPSA) is 51.0 Å². The number of hydrogen-bond acceptors (Lipinski definition) is 4. The van der Waals surface area contributed by atoms with Crippen LogP contribution in [-0.4, -0.2) is 17.0 Å². The molecule has 0 aliphatic heterocycles. The standard InChI is InChI=1S/C13H17N3O/c1-13(2,3)10-7-11(14-4)16-12(15-10)9-5-6-17-8-9/h5-8H,1-4H3,(H,14,15,16). The van der Waals surface area contributed by atoms with Gasteiger partial charge in [-0.25, -0.2) is 9.97 Å². The quantitative estimate of drug-likeness (QED) is 0.863. The van der Waals surface area contributed by atoms with Crippen LogP contribution in [-0.2, 0) is 5.41 Å². The first-order valence-electron chi connectivity index (χ1n) is 5.60. The first kappa shape index (κ1) is 11.6. The van der Waals surface area contributed by atoms with Crippen LogP contribution in [0.3, 0.4) is 0 Å². The maximum atomic E-state index is 5.07. The zero-order valence-corrected chi connectivity index (χ0v) is 10.6. The number of nitrogens with one attached hydrogen (secondary N) is 1. The first-order valence-corrected chi connectivity index (χ1v) is 5.60. The van der Waals surface area contributed by atoms with E-state index in [1.54, 1.807) is 12.5 Å². The summed E-state index contributed by atoms with van der Waals surface area (Å²) in [5.41, 5.74) is 1.90. The van der Waals surface area contributed by atoms with Gasteiger partial charge in [0.2, 0.25) is 0 Å². The van der Waals surface area contributed by atoms with Gasteiger partial charge in [-0.05, 0) is 6.07 Å². The molecule has 4 heteroatoms. The zero-order chi connectivity index (χ0) is 12.5. The van der Waals surface area contributed by atoms with Gasteiger partial charge in [-0.1, -0.05) is 20.8 Å². The molecule has 0 spiro atoms. The summed E-state index contributed by atoms with van der Waals surface area (Å²) in [6, 6.07) is 3.84. The van der Waals surface area contributed by atoms with Crippen LogP contribution in [0.5, 0.6) is 0 Å². The van der Waals surface area contributed by atoms with Crippen molar-refractivity contribution in [1.82, 2.24) is 9.97 Å². The maximum absolute atomic E-state index is 5.07. The van der Waals surface area contributed by atoms with E-state index in [0.717, 1.165) is 17.1 Å². The lowest BCUT2D eigenvalue weighted by Gasteiger charge is -2.19. The number of rotatable bonds is 2. The van der Waals surface area contributed by atoms with Crippen molar-refractivity contribution in [2.75, 3.05) is 12.4 Å². The van der Waals surface area contributed by atoms with Gasteiger partial charge in [0, 0.05) is 18.5 Å². The molecule has 17 heavy (non-hydrogen) atoms. The molecule has 0 aliphatic carbocycles.